The lowest BCUT2D eigenvalue weighted by Crippen LogP contribution is -2.34. The molecule has 12 heteroatoms. The number of nitrogens with zero attached hydrogens (tertiary/aromatic N) is 3. The topological polar surface area (TPSA) is 178 Å². The molecule has 1 aliphatic rings. The number of carbonyl (C=O) groups excluding carboxylic acids is 1. The SMILES string of the molecule is CNc1ccccc1C(=O)OCC1OC(n2cnc3c(=O)[nH]c(N)nc32)C(O)C1O. The highest BCUT2D eigenvalue weighted by molar-refractivity contribution is 5.95. The molecular formula is C18H20N6O6. The van der Waals surface area contributed by atoms with Crippen LogP contribution in [0, 0.1) is 0 Å². The number of nitrogens with two attached hydrogens (primary N) is 1. The molecule has 4 unspecified atom stereocenters. The number of para-hydroxylation sites is 1. The first-order chi connectivity index (χ1) is 14.4. The molecule has 1 fully saturated rings. The molecule has 0 radical (unpaired) electrons. The highest BCUT2D eigenvalue weighted by atomic mass is 16.6. The first-order valence-electron chi connectivity index (χ1n) is 9.08. The zero-order valence-corrected chi connectivity index (χ0v) is 15.8. The number of carbonyl (C=O) groups is 1. The number of aromatic amines is 1. The van der Waals surface area contributed by atoms with Crippen molar-refractivity contribution < 1.29 is 24.5 Å². The van der Waals surface area contributed by atoms with Gasteiger partial charge in [0, 0.05) is 12.7 Å². The van der Waals surface area contributed by atoms with Crippen LogP contribution in [-0.4, -0.2) is 67.7 Å². The molecule has 6 N–H and O–H groups in total. The Morgan fingerprint density at radius 1 is 1.37 bits per heavy atom. The van der Waals surface area contributed by atoms with Crippen molar-refractivity contribution in [1.82, 2.24) is 19.5 Å². The van der Waals surface area contributed by atoms with Crippen molar-refractivity contribution in [2.24, 2.45) is 0 Å². The fourth-order valence-electron chi connectivity index (χ4n) is 3.34. The van der Waals surface area contributed by atoms with Crippen LogP contribution >= 0.6 is 0 Å². The number of imidazole rings is 1. The summed E-state index contributed by atoms with van der Waals surface area (Å²) >= 11 is 0. The van der Waals surface area contributed by atoms with Gasteiger partial charge in [-0.05, 0) is 12.1 Å². The van der Waals surface area contributed by atoms with Crippen LogP contribution in [0.15, 0.2) is 35.4 Å². The molecular weight excluding hydrogens is 396 g/mol. The van der Waals surface area contributed by atoms with Gasteiger partial charge in [-0.1, -0.05) is 12.1 Å². The Morgan fingerprint density at radius 3 is 2.90 bits per heavy atom. The van der Waals surface area contributed by atoms with Gasteiger partial charge in [-0.2, -0.15) is 4.98 Å². The van der Waals surface area contributed by atoms with Crippen LogP contribution < -0.4 is 16.6 Å². The van der Waals surface area contributed by atoms with E-state index in [1.54, 1.807) is 31.3 Å². The van der Waals surface area contributed by atoms with Gasteiger partial charge in [-0.25, -0.2) is 9.78 Å². The molecule has 4 rings (SSSR count). The Labute approximate surface area is 169 Å². The van der Waals surface area contributed by atoms with Crippen molar-refractivity contribution in [2.75, 3.05) is 24.7 Å². The molecule has 4 atom stereocenters. The van der Waals surface area contributed by atoms with E-state index in [0.29, 0.717) is 11.3 Å². The maximum Gasteiger partial charge on any atom is 0.340 e. The zero-order valence-electron chi connectivity index (χ0n) is 15.8. The molecule has 0 saturated carbocycles. The molecule has 0 amide bonds. The molecule has 0 aliphatic carbocycles. The first-order valence-corrected chi connectivity index (χ1v) is 9.08. The second kappa shape index (κ2) is 7.74. The largest absolute Gasteiger partial charge is 0.459 e. The molecule has 3 aromatic rings. The quantitative estimate of drug-likeness (QED) is 0.331. The maximum absolute atomic E-state index is 12.4. The minimum Gasteiger partial charge on any atom is -0.459 e. The van der Waals surface area contributed by atoms with E-state index in [1.807, 2.05) is 0 Å². The van der Waals surface area contributed by atoms with E-state index in [-0.39, 0.29) is 23.7 Å². The molecule has 1 saturated heterocycles. The van der Waals surface area contributed by atoms with E-state index in [4.69, 9.17) is 15.2 Å². The molecule has 1 aliphatic heterocycles. The number of aromatic nitrogens is 4. The van der Waals surface area contributed by atoms with Crippen molar-refractivity contribution in [3.05, 3.63) is 46.5 Å². The van der Waals surface area contributed by atoms with Gasteiger partial charge < -0.3 is 30.7 Å². The molecule has 2 aromatic heterocycles. The van der Waals surface area contributed by atoms with Gasteiger partial charge in [0.2, 0.25) is 5.95 Å². The second-order valence-corrected chi connectivity index (χ2v) is 6.72. The van der Waals surface area contributed by atoms with E-state index in [0.717, 1.165) is 0 Å². The third kappa shape index (κ3) is 3.36. The van der Waals surface area contributed by atoms with Crippen molar-refractivity contribution >= 4 is 28.8 Å². The summed E-state index contributed by atoms with van der Waals surface area (Å²) in [5, 5.41) is 23.7. The lowest BCUT2D eigenvalue weighted by molar-refractivity contribution is -0.0565. The zero-order chi connectivity index (χ0) is 21.4. The van der Waals surface area contributed by atoms with Gasteiger partial charge in [0.05, 0.1) is 11.9 Å². The maximum atomic E-state index is 12.4. The molecule has 30 heavy (non-hydrogen) atoms. The second-order valence-electron chi connectivity index (χ2n) is 6.72. The van der Waals surface area contributed by atoms with Gasteiger partial charge in [0.25, 0.3) is 5.56 Å². The molecule has 158 valence electrons. The number of H-pyrrole nitrogens is 1. The van der Waals surface area contributed by atoms with Crippen molar-refractivity contribution in [1.29, 1.82) is 0 Å². The van der Waals surface area contributed by atoms with E-state index in [9.17, 15) is 19.8 Å². The average molecular weight is 416 g/mol. The Hall–Kier alpha value is -3.48. The number of nitrogens with one attached hydrogen (secondary N) is 2. The predicted molar refractivity (Wildman–Crippen MR) is 105 cm³/mol. The van der Waals surface area contributed by atoms with E-state index < -0.39 is 36.1 Å². The van der Waals surface area contributed by atoms with Crippen molar-refractivity contribution in [2.45, 2.75) is 24.5 Å². The Balaban J connectivity index is 1.51. The lowest BCUT2D eigenvalue weighted by Gasteiger charge is -2.16. The summed E-state index contributed by atoms with van der Waals surface area (Å²) in [6, 6.07) is 6.79. The standard InChI is InChI=1S/C18H20N6O6/c1-20-9-5-3-2-4-8(9)17(28)29-6-10-12(25)13(26)16(30-10)24-7-21-11-14(24)22-18(19)23-15(11)27/h2-5,7,10,12-13,16,20,25-26H,6H2,1H3,(H3,19,22,23,27). The number of hydrogen-bond donors (Lipinski definition) is 5. The summed E-state index contributed by atoms with van der Waals surface area (Å²) in [6.07, 6.45) is -3.58. The van der Waals surface area contributed by atoms with E-state index in [2.05, 4.69) is 20.3 Å². The molecule has 1 aromatic carbocycles. The lowest BCUT2D eigenvalue weighted by atomic mass is 10.1. The number of rotatable bonds is 5. The van der Waals surface area contributed by atoms with Crippen LogP contribution in [0.2, 0.25) is 0 Å². The van der Waals surface area contributed by atoms with E-state index >= 15 is 0 Å². The number of aliphatic hydroxyl groups is 2. The third-order valence-corrected chi connectivity index (χ3v) is 4.86. The minimum atomic E-state index is -1.38. The highest BCUT2D eigenvalue weighted by Crippen LogP contribution is 2.31. The number of nitrogen functional groups attached to an aromatic ring is 1. The van der Waals surface area contributed by atoms with Crippen LogP contribution in [0.25, 0.3) is 11.2 Å². The number of esters is 1. The number of ether oxygens (including phenoxy) is 2. The van der Waals surface area contributed by atoms with Gasteiger partial charge >= 0.3 is 5.97 Å². The minimum absolute atomic E-state index is 0.00744. The molecule has 0 bridgehead atoms. The Kier molecular flexibility index (Phi) is 5.11. The summed E-state index contributed by atoms with van der Waals surface area (Å²) in [4.78, 5) is 34.6. The normalized spacial score (nSPS) is 23.6. The Bertz CT molecular complexity index is 1140. The third-order valence-electron chi connectivity index (χ3n) is 4.86. The first kappa shape index (κ1) is 19.8. The van der Waals surface area contributed by atoms with Gasteiger partial charge in [-0.15, -0.1) is 0 Å². The molecule has 12 nitrogen and oxygen atoms in total. The number of hydrogen-bond acceptors (Lipinski definition) is 10. The number of aliphatic hydroxyl groups excluding tert-OH is 2. The summed E-state index contributed by atoms with van der Waals surface area (Å²) in [7, 11) is 1.68. The number of fused-ring (bicyclic) bond motifs is 1. The highest BCUT2D eigenvalue weighted by Gasteiger charge is 2.45. The Morgan fingerprint density at radius 2 is 2.13 bits per heavy atom. The van der Waals surface area contributed by atoms with Crippen molar-refractivity contribution in [3.8, 4) is 0 Å². The number of benzene rings is 1. The van der Waals surface area contributed by atoms with Crippen LogP contribution in [0.5, 0.6) is 0 Å². The summed E-state index contributed by atoms with van der Waals surface area (Å²) in [5.41, 5.74) is 6.05. The van der Waals surface area contributed by atoms with Gasteiger partial charge in [0.15, 0.2) is 17.4 Å². The predicted octanol–water partition coefficient (Wildman–Crippen LogP) is -0.780. The summed E-state index contributed by atoms with van der Waals surface area (Å²) < 4.78 is 12.3. The van der Waals surface area contributed by atoms with Gasteiger partial charge in [0.1, 0.15) is 24.9 Å². The monoisotopic (exact) mass is 416 g/mol. The smallest absolute Gasteiger partial charge is 0.340 e. The summed E-state index contributed by atoms with van der Waals surface area (Å²) in [5.74, 6) is -0.737. The number of anilines is 2. The van der Waals surface area contributed by atoms with Crippen molar-refractivity contribution in [3.63, 3.8) is 0 Å². The van der Waals surface area contributed by atoms with Crippen LogP contribution in [0.1, 0.15) is 16.6 Å². The van der Waals surface area contributed by atoms with Crippen LogP contribution in [-0.2, 0) is 9.47 Å². The molecule has 3 heterocycles. The van der Waals surface area contributed by atoms with E-state index in [1.165, 1.54) is 10.9 Å². The summed E-state index contributed by atoms with van der Waals surface area (Å²) in [6.45, 7) is -0.297. The fraction of sp³-hybridized carbons (Fsp3) is 0.333. The van der Waals surface area contributed by atoms with Crippen LogP contribution in [0.4, 0.5) is 11.6 Å². The fourth-order valence-corrected chi connectivity index (χ4v) is 3.34. The average Bonchev–Trinajstić information content (AvgIpc) is 3.27. The van der Waals surface area contributed by atoms with Crippen LogP contribution in [0.3, 0.4) is 0 Å². The van der Waals surface area contributed by atoms with Gasteiger partial charge in [-0.3, -0.25) is 14.3 Å². The molecule has 0 spiro atoms.